The van der Waals surface area contributed by atoms with E-state index in [1.807, 2.05) is 0 Å². The average Bonchev–Trinajstić information content (AvgIpc) is 3.41. The van der Waals surface area contributed by atoms with E-state index in [9.17, 15) is 30.6 Å². The molecule has 17 atom stereocenters. The number of rotatable bonds is 3. The minimum absolute atomic E-state index is 0.0908. The smallest absolute Gasteiger partial charge is 0.186 e. The van der Waals surface area contributed by atoms with Gasteiger partial charge in [0.25, 0.3) is 0 Å². The number of aliphatic hydroxyl groups excluding tert-OH is 6. The van der Waals surface area contributed by atoms with Crippen LogP contribution in [0.25, 0.3) is 0 Å². The number of hydrogen-bond donors (Lipinski definition) is 6. The summed E-state index contributed by atoms with van der Waals surface area (Å²) in [5.74, 6) is 0.991. The van der Waals surface area contributed by atoms with E-state index in [0.717, 1.165) is 25.7 Å². The molecule has 3 saturated carbocycles. The number of ether oxygens (including phenoxy) is 4. The van der Waals surface area contributed by atoms with Gasteiger partial charge in [0.15, 0.2) is 12.1 Å². The van der Waals surface area contributed by atoms with Crippen molar-refractivity contribution in [2.24, 2.45) is 40.4 Å². The third-order valence-electron chi connectivity index (χ3n) is 13.5. The van der Waals surface area contributed by atoms with Crippen LogP contribution in [0, 0.1) is 40.4 Å². The number of aliphatic hydroxyl groups is 6. The van der Waals surface area contributed by atoms with Gasteiger partial charge in [0.2, 0.25) is 0 Å². The lowest BCUT2D eigenvalue weighted by molar-refractivity contribution is -0.315. The zero-order valence-electron chi connectivity index (χ0n) is 25.5. The summed E-state index contributed by atoms with van der Waals surface area (Å²) in [5, 5.41) is 62.8. The van der Waals surface area contributed by atoms with Crippen molar-refractivity contribution < 1.29 is 49.6 Å². The highest BCUT2D eigenvalue weighted by Crippen LogP contribution is 2.70. The quantitative estimate of drug-likeness (QED) is 0.260. The van der Waals surface area contributed by atoms with E-state index in [1.165, 1.54) is 5.57 Å². The maximum absolute atomic E-state index is 11.8. The van der Waals surface area contributed by atoms with Gasteiger partial charge in [0.05, 0.1) is 37.6 Å². The van der Waals surface area contributed by atoms with E-state index in [1.54, 1.807) is 0 Å². The van der Waals surface area contributed by atoms with Crippen LogP contribution in [0.2, 0.25) is 0 Å². The molecule has 0 aromatic carbocycles. The molecule has 0 aromatic heterocycles. The lowest BCUT2D eigenvalue weighted by atomic mass is 9.46. The molecule has 0 amide bonds. The molecule has 43 heavy (non-hydrogen) atoms. The molecule has 7 rings (SSSR count). The Morgan fingerprint density at radius 3 is 2.53 bits per heavy atom. The Balaban J connectivity index is 1.08. The highest BCUT2D eigenvalue weighted by atomic mass is 16.7. The predicted octanol–water partition coefficient (Wildman–Crippen LogP) is 1.40. The van der Waals surface area contributed by atoms with Crippen LogP contribution in [-0.4, -0.2) is 105 Å². The fraction of sp³-hybridized carbons (Fsp3) is 0.879. The summed E-state index contributed by atoms with van der Waals surface area (Å²) in [7, 11) is 0. The fourth-order valence-electron chi connectivity index (χ4n) is 11.0. The Kier molecular flexibility index (Phi) is 7.54. The van der Waals surface area contributed by atoms with Gasteiger partial charge in [-0.15, -0.1) is 0 Å². The highest BCUT2D eigenvalue weighted by molar-refractivity contribution is 5.28. The molecule has 3 saturated heterocycles. The summed E-state index contributed by atoms with van der Waals surface area (Å²) in [4.78, 5) is 0. The minimum Gasteiger partial charge on any atom is -0.394 e. The summed E-state index contributed by atoms with van der Waals surface area (Å²) in [6, 6.07) is 0. The fourth-order valence-corrected chi connectivity index (χ4v) is 11.0. The molecule has 242 valence electrons. The maximum atomic E-state index is 11.8. The molecule has 0 aromatic rings. The Hall–Kier alpha value is -0.920. The van der Waals surface area contributed by atoms with Crippen molar-refractivity contribution in [3.63, 3.8) is 0 Å². The van der Waals surface area contributed by atoms with Crippen molar-refractivity contribution in [2.75, 3.05) is 13.2 Å². The summed E-state index contributed by atoms with van der Waals surface area (Å²) in [5.41, 5.74) is 1.60. The first-order valence-corrected chi connectivity index (χ1v) is 16.3. The molecule has 10 nitrogen and oxygen atoms in total. The van der Waals surface area contributed by atoms with E-state index in [4.69, 9.17) is 18.9 Å². The van der Waals surface area contributed by atoms with Gasteiger partial charge in [-0.1, -0.05) is 39.0 Å². The molecular weight excluding hydrogens is 556 g/mol. The first kappa shape index (κ1) is 30.7. The number of allylic oxidation sites excluding steroid dienone is 1. The van der Waals surface area contributed by atoms with Crippen molar-refractivity contribution in [2.45, 2.75) is 127 Å². The van der Waals surface area contributed by atoms with E-state index >= 15 is 0 Å². The first-order chi connectivity index (χ1) is 20.3. The van der Waals surface area contributed by atoms with Gasteiger partial charge in [-0.2, -0.15) is 0 Å². The predicted molar refractivity (Wildman–Crippen MR) is 153 cm³/mol. The zero-order valence-corrected chi connectivity index (χ0v) is 25.5. The van der Waals surface area contributed by atoms with Crippen LogP contribution in [0.4, 0.5) is 0 Å². The lowest BCUT2D eigenvalue weighted by Gasteiger charge is -2.60. The van der Waals surface area contributed by atoms with Gasteiger partial charge in [-0.25, -0.2) is 0 Å². The maximum Gasteiger partial charge on any atom is 0.186 e. The van der Waals surface area contributed by atoms with Crippen LogP contribution in [0.1, 0.15) is 65.7 Å². The van der Waals surface area contributed by atoms with Gasteiger partial charge in [-0.05, 0) is 66.8 Å². The molecule has 1 spiro atoms. The second-order valence-electron chi connectivity index (χ2n) is 15.3. The highest BCUT2D eigenvalue weighted by Gasteiger charge is 2.69. The summed E-state index contributed by atoms with van der Waals surface area (Å²) in [6.45, 7) is 10.7. The van der Waals surface area contributed by atoms with Gasteiger partial charge in [0, 0.05) is 24.2 Å². The average molecular weight is 607 g/mol. The minimum atomic E-state index is -1.50. The summed E-state index contributed by atoms with van der Waals surface area (Å²) in [6.07, 6.45) is -0.548. The van der Waals surface area contributed by atoms with Crippen molar-refractivity contribution in [3.05, 3.63) is 23.8 Å². The lowest BCUT2D eigenvalue weighted by Crippen LogP contribution is -2.60. The normalized spacial score (nSPS) is 58.0. The van der Waals surface area contributed by atoms with Crippen LogP contribution < -0.4 is 0 Å². The molecule has 3 heterocycles. The van der Waals surface area contributed by atoms with Crippen LogP contribution >= 0.6 is 0 Å². The van der Waals surface area contributed by atoms with Crippen LogP contribution in [-0.2, 0) is 18.9 Å². The van der Waals surface area contributed by atoms with Crippen molar-refractivity contribution >= 4 is 0 Å². The molecule has 6 N–H and O–H groups in total. The van der Waals surface area contributed by atoms with Gasteiger partial charge in [0.1, 0.15) is 24.4 Å². The summed E-state index contributed by atoms with van der Waals surface area (Å²) >= 11 is 0. The van der Waals surface area contributed by atoms with Crippen molar-refractivity contribution in [1.29, 1.82) is 0 Å². The molecule has 4 aliphatic carbocycles. The molecule has 0 bridgehead atoms. The van der Waals surface area contributed by atoms with Crippen molar-refractivity contribution in [1.82, 2.24) is 0 Å². The topological polar surface area (TPSA) is 158 Å². The van der Waals surface area contributed by atoms with E-state index in [2.05, 4.69) is 33.4 Å². The van der Waals surface area contributed by atoms with Crippen LogP contribution in [0.5, 0.6) is 0 Å². The van der Waals surface area contributed by atoms with Gasteiger partial charge < -0.3 is 49.6 Å². The molecule has 17 unspecified atom stereocenters. The molecule has 0 radical (unpaired) electrons. The third-order valence-corrected chi connectivity index (χ3v) is 13.5. The van der Waals surface area contributed by atoms with Crippen molar-refractivity contribution in [3.8, 4) is 0 Å². The van der Waals surface area contributed by atoms with Crippen LogP contribution in [0.15, 0.2) is 23.8 Å². The molecular formula is C33H50O10. The summed E-state index contributed by atoms with van der Waals surface area (Å²) < 4.78 is 24.8. The van der Waals surface area contributed by atoms with Gasteiger partial charge >= 0.3 is 0 Å². The molecule has 6 fully saturated rings. The standard InChI is InChI=1S/C33H50O10/c1-15-14-40-33(12-22(15)35)16(2)26-23(43-33)11-21-19-6-5-17-9-18(41-30-29(39)28(38)27(37)24(13-34)42-30)10-25(36)32(17,4)20(19)7-8-31(21,26)3/h5,16,18-30,34-39H,1,6-14H2,2-4H3. The number of fused-ring (bicyclic) bond motifs is 7. The molecule has 7 aliphatic rings. The first-order valence-electron chi connectivity index (χ1n) is 16.3. The third kappa shape index (κ3) is 4.35. The SMILES string of the molecule is C=C1COC2(CC1O)OC1CC3C4CC=C5CC(OC6OC(CO)C(O)C(O)C6O)CC(O)C5(C)C4CCC3(C)C1C2C. The van der Waals surface area contributed by atoms with Crippen LogP contribution in [0.3, 0.4) is 0 Å². The molecule has 3 aliphatic heterocycles. The molecule has 10 heteroatoms. The number of hydrogen-bond acceptors (Lipinski definition) is 10. The Morgan fingerprint density at radius 2 is 1.81 bits per heavy atom. The van der Waals surface area contributed by atoms with E-state index < -0.39 is 61.4 Å². The Labute approximate surface area is 253 Å². The Morgan fingerprint density at radius 1 is 1.05 bits per heavy atom. The zero-order chi connectivity index (χ0) is 30.6. The largest absolute Gasteiger partial charge is 0.394 e. The Bertz CT molecular complexity index is 1140. The van der Waals surface area contributed by atoms with Gasteiger partial charge in [-0.3, -0.25) is 0 Å². The second-order valence-corrected chi connectivity index (χ2v) is 15.3. The second kappa shape index (κ2) is 10.6. The van der Waals surface area contributed by atoms with E-state index in [-0.39, 0.29) is 22.9 Å². The monoisotopic (exact) mass is 606 g/mol. The van der Waals surface area contributed by atoms with E-state index in [0.29, 0.717) is 55.1 Å².